The average molecular weight is 315 g/mol. The van der Waals surface area contributed by atoms with Gasteiger partial charge in [0, 0.05) is 12.6 Å². The second kappa shape index (κ2) is 8.39. The van der Waals surface area contributed by atoms with Crippen molar-refractivity contribution in [2.75, 3.05) is 37.8 Å². The van der Waals surface area contributed by atoms with Crippen molar-refractivity contribution in [3.63, 3.8) is 0 Å². The van der Waals surface area contributed by atoms with Crippen LogP contribution < -0.4 is 0 Å². The number of rotatable bonds is 6. The number of ether oxygens (including phenoxy) is 2. The largest absolute Gasteiger partial charge is 0.465 e. The second-order valence-electron chi connectivity index (χ2n) is 6.07. The second-order valence-corrected chi connectivity index (χ2v) is 7.29. The Hall–Kier alpha value is -0.260. The van der Waals surface area contributed by atoms with Crippen LogP contribution in [0.5, 0.6) is 0 Å². The van der Waals surface area contributed by atoms with E-state index < -0.39 is 0 Å². The van der Waals surface area contributed by atoms with Crippen molar-refractivity contribution in [1.29, 1.82) is 0 Å². The van der Waals surface area contributed by atoms with Crippen LogP contribution in [0.25, 0.3) is 0 Å². The van der Waals surface area contributed by atoms with E-state index in [0.717, 1.165) is 45.3 Å². The molecule has 2 aliphatic heterocycles. The maximum atomic E-state index is 11.8. The van der Waals surface area contributed by atoms with E-state index in [1.165, 1.54) is 11.5 Å². The lowest BCUT2D eigenvalue weighted by Crippen LogP contribution is -2.51. The normalized spacial score (nSPS) is 25.2. The first-order chi connectivity index (χ1) is 10.2. The van der Waals surface area contributed by atoms with E-state index in [2.05, 4.69) is 11.8 Å². The molecule has 1 unspecified atom stereocenters. The summed E-state index contributed by atoms with van der Waals surface area (Å²) in [5.41, 5.74) is 0.0782. The third kappa shape index (κ3) is 4.86. The van der Waals surface area contributed by atoms with Crippen LogP contribution in [0.1, 0.15) is 46.0 Å². The van der Waals surface area contributed by atoms with E-state index in [0.29, 0.717) is 19.2 Å². The quantitative estimate of drug-likeness (QED) is 0.705. The zero-order chi connectivity index (χ0) is 15.1. The van der Waals surface area contributed by atoms with E-state index in [4.69, 9.17) is 9.47 Å². The molecule has 2 heterocycles. The highest BCUT2D eigenvalue weighted by Gasteiger charge is 2.40. The molecule has 0 amide bonds. The third-order valence-electron chi connectivity index (χ3n) is 4.54. The number of hydrogen-bond donors (Lipinski definition) is 0. The van der Waals surface area contributed by atoms with Crippen molar-refractivity contribution in [2.24, 2.45) is 0 Å². The number of nitrogens with zero attached hydrogens (tertiary/aromatic N) is 1. The van der Waals surface area contributed by atoms with Crippen LogP contribution in [0.3, 0.4) is 0 Å². The Morgan fingerprint density at radius 1 is 1.38 bits per heavy atom. The maximum Gasteiger partial charge on any atom is 0.320 e. The van der Waals surface area contributed by atoms with Crippen LogP contribution in [0.4, 0.5) is 0 Å². The molecule has 2 fully saturated rings. The van der Waals surface area contributed by atoms with Crippen LogP contribution in [-0.4, -0.2) is 60.3 Å². The lowest BCUT2D eigenvalue weighted by atomic mass is 9.84. The molecule has 1 spiro atoms. The van der Waals surface area contributed by atoms with E-state index in [-0.39, 0.29) is 11.6 Å². The first kappa shape index (κ1) is 17.1. The molecule has 0 radical (unpaired) electrons. The Labute approximate surface area is 132 Å². The summed E-state index contributed by atoms with van der Waals surface area (Å²) in [7, 11) is 0. The minimum Gasteiger partial charge on any atom is -0.465 e. The van der Waals surface area contributed by atoms with Crippen molar-refractivity contribution in [1.82, 2.24) is 4.90 Å². The number of hydrogen-bond acceptors (Lipinski definition) is 5. The molecule has 2 aliphatic rings. The number of carbonyl (C=O) groups is 1. The first-order valence-electron chi connectivity index (χ1n) is 8.30. The van der Waals surface area contributed by atoms with Gasteiger partial charge >= 0.3 is 5.97 Å². The number of thioether (sulfide) groups is 1. The zero-order valence-electron chi connectivity index (χ0n) is 13.4. The molecule has 0 aliphatic carbocycles. The summed E-state index contributed by atoms with van der Waals surface area (Å²) in [6.07, 6.45) is 5.50. The van der Waals surface area contributed by atoms with Crippen molar-refractivity contribution in [2.45, 2.75) is 57.6 Å². The molecular weight excluding hydrogens is 286 g/mol. The van der Waals surface area contributed by atoms with Crippen molar-refractivity contribution in [3.05, 3.63) is 0 Å². The van der Waals surface area contributed by atoms with Gasteiger partial charge in [-0.1, -0.05) is 6.92 Å². The topological polar surface area (TPSA) is 38.8 Å². The molecule has 1 atom stereocenters. The molecule has 21 heavy (non-hydrogen) atoms. The van der Waals surface area contributed by atoms with Gasteiger partial charge in [0.25, 0.3) is 0 Å². The zero-order valence-corrected chi connectivity index (χ0v) is 14.3. The van der Waals surface area contributed by atoms with Crippen LogP contribution in [-0.2, 0) is 14.3 Å². The fourth-order valence-corrected chi connectivity index (χ4v) is 4.69. The lowest BCUT2D eigenvalue weighted by molar-refractivity contribution is -0.148. The summed E-state index contributed by atoms with van der Waals surface area (Å²) in [6, 6.07) is 0.464. The van der Waals surface area contributed by atoms with Crippen LogP contribution in [0.15, 0.2) is 0 Å². The monoisotopic (exact) mass is 315 g/mol. The fourth-order valence-electron chi connectivity index (χ4n) is 3.46. The van der Waals surface area contributed by atoms with Gasteiger partial charge in [-0.25, -0.2) is 0 Å². The minimum absolute atomic E-state index is 0.0782. The van der Waals surface area contributed by atoms with E-state index in [1.807, 2.05) is 18.7 Å². The highest BCUT2D eigenvalue weighted by Crippen LogP contribution is 2.38. The van der Waals surface area contributed by atoms with Gasteiger partial charge in [0.05, 0.1) is 18.8 Å². The first-order valence-corrected chi connectivity index (χ1v) is 9.46. The summed E-state index contributed by atoms with van der Waals surface area (Å²) in [6.45, 7) is 6.73. The molecule has 2 saturated heterocycles. The van der Waals surface area contributed by atoms with Crippen molar-refractivity contribution >= 4 is 17.7 Å². The predicted molar refractivity (Wildman–Crippen MR) is 86.8 cm³/mol. The standard InChI is InChI=1S/C16H29NO3S/c1-3-8-17(13-15(18)19-4-2)14-5-9-20-16(12-14)6-10-21-11-7-16/h14H,3-13H2,1-2H3. The van der Waals surface area contributed by atoms with E-state index >= 15 is 0 Å². The molecule has 122 valence electrons. The molecule has 0 aromatic rings. The van der Waals surface area contributed by atoms with Gasteiger partial charge in [-0.05, 0) is 57.1 Å². The molecular formula is C16H29NO3S. The highest BCUT2D eigenvalue weighted by molar-refractivity contribution is 7.99. The van der Waals surface area contributed by atoms with Crippen molar-refractivity contribution < 1.29 is 14.3 Å². The predicted octanol–water partition coefficient (Wildman–Crippen LogP) is 2.71. The fraction of sp³-hybridized carbons (Fsp3) is 0.938. The van der Waals surface area contributed by atoms with Gasteiger partial charge in [0.1, 0.15) is 0 Å². The van der Waals surface area contributed by atoms with Crippen LogP contribution in [0.2, 0.25) is 0 Å². The van der Waals surface area contributed by atoms with Gasteiger partial charge < -0.3 is 9.47 Å². The highest BCUT2D eigenvalue weighted by atomic mass is 32.2. The molecule has 5 heteroatoms. The summed E-state index contributed by atoms with van der Waals surface area (Å²) < 4.78 is 11.3. The molecule has 2 rings (SSSR count). The minimum atomic E-state index is -0.0920. The SMILES string of the molecule is CCCN(CC(=O)OCC)C1CCOC2(CCSCC2)C1. The lowest BCUT2D eigenvalue weighted by Gasteiger charge is -2.46. The number of esters is 1. The molecule has 0 bridgehead atoms. The Bertz CT molecular complexity index is 326. The van der Waals surface area contributed by atoms with Crippen molar-refractivity contribution in [3.8, 4) is 0 Å². The Morgan fingerprint density at radius 2 is 2.14 bits per heavy atom. The molecule has 0 N–H and O–H groups in total. The molecule has 4 nitrogen and oxygen atoms in total. The van der Waals surface area contributed by atoms with Crippen LogP contribution >= 0.6 is 11.8 Å². The summed E-state index contributed by atoms with van der Waals surface area (Å²) in [4.78, 5) is 14.2. The maximum absolute atomic E-state index is 11.8. The van der Waals surface area contributed by atoms with Gasteiger partial charge in [0.2, 0.25) is 0 Å². The summed E-state index contributed by atoms with van der Waals surface area (Å²) in [5, 5.41) is 0. The number of carbonyl (C=O) groups excluding carboxylic acids is 1. The van der Waals surface area contributed by atoms with Gasteiger partial charge in [-0.3, -0.25) is 9.69 Å². The van der Waals surface area contributed by atoms with Crippen LogP contribution in [0, 0.1) is 0 Å². The molecule has 0 aromatic heterocycles. The third-order valence-corrected chi connectivity index (χ3v) is 5.52. The van der Waals surface area contributed by atoms with Gasteiger partial charge in [-0.15, -0.1) is 0 Å². The van der Waals surface area contributed by atoms with Gasteiger partial charge in [0.15, 0.2) is 0 Å². The van der Waals surface area contributed by atoms with Gasteiger partial charge in [-0.2, -0.15) is 11.8 Å². The summed E-state index contributed by atoms with van der Waals surface area (Å²) in [5.74, 6) is 2.32. The Morgan fingerprint density at radius 3 is 2.81 bits per heavy atom. The average Bonchev–Trinajstić information content (AvgIpc) is 2.48. The Kier molecular flexibility index (Phi) is 6.83. The molecule has 0 saturated carbocycles. The van der Waals surface area contributed by atoms with E-state index in [9.17, 15) is 4.79 Å². The smallest absolute Gasteiger partial charge is 0.320 e. The Balaban J connectivity index is 1.96. The van der Waals surface area contributed by atoms with E-state index in [1.54, 1.807) is 0 Å². The molecule has 0 aromatic carbocycles. The summed E-state index contributed by atoms with van der Waals surface area (Å²) >= 11 is 2.03.